The number of rotatable bonds is 7. The monoisotopic (exact) mass is 420 g/mol. The Kier molecular flexibility index (Phi) is 5.69. The van der Waals surface area contributed by atoms with E-state index in [-0.39, 0.29) is 19.2 Å². The van der Waals surface area contributed by atoms with Crippen molar-refractivity contribution >= 4 is 11.7 Å². The number of fused-ring (bicyclic) bond motifs is 1. The van der Waals surface area contributed by atoms with Gasteiger partial charge in [-0.2, -0.15) is 5.26 Å². The first-order chi connectivity index (χ1) is 15.0. The summed E-state index contributed by atoms with van der Waals surface area (Å²) in [6, 6.07) is 11.7. The van der Waals surface area contributed by atoms with Gasteiger partial charge in [0, 0.05) is 12.2 Å². The van der Waals surface area contributed by atoms with Crippen LogP contribution in [0, 0.1) is 25.2 Å². The summed E-state index contributed by atoms with van der Waals surface area (Å²) in [4.78, 5) is 14.7. The maximum atomic E-state index is 12.8. The summed E-state index contributed by atoms with van der Waals surface area (Å²) < 4.78 is 18.1. The van der Waals surface area contributed by atoms with Crippen LogP contribution in [0.1, 0.15) is 28.1 Å². The lowest BCUT2D eigenvalue weighted by Crippen LogP contribution is -2.30. The summed E-state index contributed by atoms with van der Waals surface area (Å²) in [5.74, 6) is 2.50. The van der Waals surface area contributed by atoms with Crippen molar-refractivity contribution in [2.24, 2.45) is 0 Å². The van der Waals surface area contributed by atoms with E-state index >= 15 is 0 Å². The molecule has 0 bridgehead atoms. The van der Waals surface area contributed by atoms with Gasteiger partial charge in [-0.1, -0.05) is 6.07 Å². The normalized spacial score (nSPS) is 12.2. The van der Waals surface area contributed by atoms with Crippen molar-refractivity contribution < 1.29 is 18.7 Å². The second-order valence-corrected chi connectivity index (χ2v) is 7.62. The number of likely N-dealkylation sites (N-methyl/N-ethyl adjacent to an activating group) is 1. The molecular formula is C23H24N4O4. The SMILES string of the molecule is Cc1c(C#N)c(NC(=O)CN(C)Cc2ccc3c(c2)OCO3)n(Cc2ccco2)c1C. The van der Waals surface area contributed by atoms with Crippen molar-refractivity contribution in [3.05, 3.63) is 64.7 Å². The number of nitriles is 1. The highest BCUT2D eigenvalue weighted by Crippen LogP contribution is 2.32. The minimum absolute atomic E-state index is 0.170. The highest BCUT2D eigenvalue weighted by molar-refractivity contribution is 5.93. The van der Waals surface area contributed by atoms with Crippen LogP contribution in [0.4, 0.5) is 5.82 Å². The smallest absolute Gasteiger partial charge is 0.239 e. The van der Waals surface area contributed by atoms with E-state index in [1.807, 2.05) is 60.7 Å². The Labute approximate surface area is 180 Å². The van der Waals surface area contributed by atoms with Gasteiger partial charge >= 0.3 is 0 Å². The Morgan fingerprint density at radius 1 is 1.26 bits per heavy atom. The lowest BCUT2D eigenvalue weighted by atomic mass is 10.2. The number of carbonyl (C=O) groups is 1. The molecule has 0 saturated heterocycles. The molecule has 0 atom stereocenters. The zero-order chi connectivity index (χ0) is 22.0. The molecule has 0 aliphatic carbocycles. The predicted molar refractivity (Wildman–Crippen MR) is 114 cm³/mol. The number of aromatic nitrogens is 1. The van der Waals surface area contributed by atoms with Gasteiger partial charge in [0.05, 0.1) is 24.9 Å². The van der Waals surface area contributed by atoms with Crippen LogP contribution in [0.3, 0.4) is 0 Å². The molecule has 1 aliphatic heterocycles. The molecule has 0 saturated carbocycles. The van der Waals surface area contributed by atoms with Crippen molar-refractivity contribution in [2.75, 3.05) is 25.7 Å². The van der Waals surface area contributed by atoms with Gasteiger partial charge in [-0.05, 0) is 56.3 Å². The zero-order valence-electron chi connectivity index (χ0n) is 17.8. The topological polar surface area (TPSA) is 92.7 Å². The summed E-state index contributed by atoms with van der Waals surface area (Å²) in [5, 5.41) is 12.6. The van der Waals surface area contributed by atoms with Gasteiger partial charge in [0.2, 0.25) is 12.7 Å². The molecule has 1 N–H and O–H groups in total. The molecule has 3 heterocycles. The molecule has 0 unspecified atom stereocenters. The molecule has 2 aromatic heterocycles. The van der Waals surface area contributed by atoms with Crippen molar-refractivity contribution in [2.45, 2.75) is 26.9 Å². The zero-order valence-corrected chi connectivity index (χ0v) is 17.8. The maximum Gasteiger partial charge on any atom is 0.239 e. The molecule has 1 aromatic carbocycles. The van der Waals surface area contributed by atoms with E-state index in [0.29, 0.717) is 24.5 Å². The van der Waals surface area contributed by atoms with Gasteiger partial charge in [-0.15, -0.1) is 0 Å². The van der Waals surface area contributed by atoms with Crippen LogP contribution in [0.25, 0.3) is 0 Å². The van der Waals surface area contributed by atoms with Crippen LogP contribution in [-0.2, 0) is 17.9 Å². The highest BCUT2D eigenvalue weighted by Gasteiger charge is 2.21. The lowest BCUT2D eigenvalue weighted by Gasteiger charge is -2.18. The summed E-state index contributed by atoms with van der Waals surface area (Å²) in [7, 11) is 1.87. The van der Waals surface area contributed by atoms with Gasteiger partial charge in [0.15, 0.2) is 11.5 Å². The molecule has 0 radical (unpaired) electrons. The van der Waals surface area contributed by atoms with Gasteiger partial charge < -0.3 is 23.8 Å². The molecule has 1 aliphatic rings. The number of anilines is 1. The van der Waals surface area contributed by atoms with Crippen molar-refractivity contribution in [3.8, 4) is 17.6 Å². The van der Waals surface area contributed by atoms with E-state index in [0.717, 1.165) is 34.1 Å². The summed E-state index contributed by atoms with van der Waals surface area (Å²) in [5.41, 5.74) is 3.25. The number of amides is 1. The molecule has 31 heavy (non-hydrogen) atoms. The Balaban J connectivity index is 1.46. The number of ether oxygens (including phenoxy) is 2. The first-order valence-electron chi connectivity index (χ1n) is 9.95. The fourth-order valence-electron chi connectivity index (χ4n) is 3.71. The lowest BCUT2D eigenvalue weighted by molar-refractivity contribution is -0.117. The third-order valence-corrected chi connectivity index (χ3v) is 5.40. The Bertz CT molecular complexity index is 1140. The Hall–Kier alpha value is -3.70. The number of furan rings is 1. The number of hydrogen-bond donors (Lipinski definition) is 1. The van der Waals surface area contributed by atoms with E-state index in [1.54, 1.807) is 6.26 Å². The fraction of sp³-hybridized carbons (Fsp3) is 0.304. The minimum atomic E-state index is -0.196. The summed E-state index contributed by atoms with van der Waals surface area (Å²) in [6.07, 6.45) is 1.61. The van der Waals surface area contributed by atoms with Crippen LogP contribution in [0.5, 0.6) is 11.5 Å². The van der Waals surface area contributed by atoms with E-state index in [4.69, 9.17) is 13.9 Å². The van der Waals surface area contributed by atoms with Crippen LogP contribution >= 0.6 is 0 Å². The van der Waals surface area contributed by atoms with Crippen LogP contribution in [0.2, 0.25) is 0 Å². The summed E-state index contributed by atoms with van der Waals surface area (Å²) >= 11 is 0. The van der Waals surface area contributed by atoms with E-state index < -0.39 is 0 Å². The van der Waals surface area contributed by atoms with Crippen molar-refractivity contribution in [1.29, 1.82) is 5.26 Å². The molecule has 8 heteroatoms. The van der Waals surface area contributed by atoms with Gasteiger partial charge in [-0.25, -0.2) is 0 Å². The van der Waals surface area contributed by atoms with Gasteiger partial charge in [-0.3, -0.25) is 9.69 Å². The third-order valence-electron chi connectivity index (χ3n) is 5.40. The average molecular weight is 420 g/mol. The van der Waals surface area contributed by atoms with E-state index in [9.17, 15) is 10.1 Å². The second-order valence-electron chi connectivity index (χ2n) is 7.62. The quantitative estimate of drug-likeness (QED) is 0.630. The molecule has 0 fully saturated rings. The molecule has 1 amide bonds. The first kappa shape index (κ1) is 20.6. The number of carbonyl (C=O) groups excluding carboxylic acids is 1. The molecule has 3 aromatic rings. The number of benzene rings is 1. The number of nitrogens with one attached hydrogen (secondary N) is 1. The maximum absolute atomic E-state index is 12.8. The third kappa shape index (κ3) is 4.27. The molecule has 4 rings (SSSR count). The molecule has 0 spiro atoms. The van der Waals surface area contributed by atoms with Crippen molar-refractivity contribution in [1.82, 2.24) is 9.47 Å². The Morgan fingerprint density at radius 2 is 2.06 bits per heavy atom. The predicted octanol–water partition coefficient (Wildman–Crippen LogP) is 3.42. The number of hydrogen-bond acceptors (Lipinski definition) is 6. The van der Waals surface area contributed by atoms with Crippen molar-refractivity contribution in [3.63, 3.8) is 0 Å². The second kappa shape index (κ2) is 8.58. The van der Waals surface area contributed by atoms with Crippen LogP contribution in [0.15, 0.2) is 41.0 Å². The first-order valence-corrected chi connectivity index (χ1v) is 9.95. The van der Waals surface area contributed by atoms with E-state index in [1.165, 1.54) is 0 Å². The molecule has 8 nitrogen and oxygen atoms in total. The fourth-order valence-corrected chi connectivity index (χ4v) is 3.71. The minimum Gasteiger partial charge on any atom is -0.467 e. The largest absolute Gasteiger partial charge is 0.467 e. The van der Waals surface area contributed by atoms with E-state index in [2.05, 4.69) is 11.4 Å². The summed E-state index contributed by atoms with van der Waals surface area (Å²) in [6.45, 7) is 5.22. The highest BCUT2D eigenvalue weighted by atomic mass is 16.7. The Morgan fingerprint density at radius 3 is 2.81 bits per heavy atom. The molecular weight excluding hydrogens is 396 g/mol. The number of nitrogens with zero attached hydrogens (tertiary/aromatic N) is 3. The van der Waals surface area contributed by atoms with Gasteiger partial charge in [0.1, 0.15) is 17.6 Å². The van der Waals surface area contributed by atoms with Crippen LogP contribution in [-0.4, -0.2) is 35.8 Å². The standard InChI is InChI=1S/C23H24N4O4/c1-15-16(2)27(12-18-5-4-8-29-18)23(19(15)10-24)25-22(28)13-26(3)11-17-6-7-20-21(9-17)31-14-30-20/h4-9H,11-14H2,1-3H3,(H,25,28). The van der Waals surface area contributed by atoms with Crippen LogP contribution < -0.4 is 14.8 Å². The molecule has 160 valence electrons. The average Bonchev–Trinajstić information content (AvgIpc) is 3.46. The van der Waals surface area contributed by atoms with Gasteiger partial charge in [0.25, 0.3) is 0 Å².